The molecule has 3 aromatic rings. The van der Waals surface area contributed by atoms with Crippen molar-refractivity contribution in [2.45, 2.75) is 5.54 Å². The van der Waals surface area contributed by atoms with E-state index in [1.54, 1.807) is 0 Å². The first-order chi connectivity index (χ1) is 9.40. The summed E-state index contributed by atoms with van der Waals surface area (Å²) in [6.07, 6.45) is 0. The van der Waals surface area contributed by atoms with Crippen molar-refractivity contribution in [3.8, 4) is 0 Å². The Morgan fingerprint density at radius 3 is 2.21 bits per heavy atom. The zero-order chi connectivity index (χ0) is 13.1. The Bertz CT molecular complexity index is 674. The average Bonchev–Trinajstić information content (AvgIpc) is 2.49. The minimum atomic E-state index is -0.685. The number of benzene rings is 3. The summed E-state index contributed by atoms with van der Waals surface area (Å²) in [5.41, 5.74) is 3.08. The molecule has 0 saturated carbocycles. The second kappa shape index (κ2) is 5.60. The number of halogens is 1. The van der Waals surface area contributed by atoms with E-state index in [1.807, 2.05) is 0 Å². The highest BCUT2D eigenvalue weighted by molar-refractivity contribution is 6.94. The molecule has 0 N–H and O–H groups in total. The molecule has 0 radical (unpaired) electrons. The molecule has 0 saturated heterocycles. The molecule has 1 atom stereocenters. The van der Waals surface area contributed by atoms with Gasteiger partial charge in [-0.15, -0.1) is 0 Å². The van der Waals surface area contributed by atoms with Gasteiger partial charge < -0.3 is 0 Å². The molecule has 2 heteroatoms. The van der Waals surface area contributed by atoms with Gasteiger partial charge in [-0.3, -0.25) is 0 Å². The predicted molar refractivity (Wildman–Crippen MR) is 86.6 cm³/mol. The van der Waals surface area contributed by atoms with Gasteiger partial charge in [0.2, 0.25) is 0 Å². The van der Waals surface area contributed by atoms with Crippen LogP contribution in [0.5, 0.6) is 0 Å². The number of fused-ring (bicyclic) bond motifs is 1. The van der Waals surface area contributed by atoms with Crippen LogP contribution in [-0.2, 0) is 0 Å². The van der Waals surface area contributed by atoms with Gasteiger partial charge >= 0.3 is 0 Å². The SMILES string of the molecule is Cl[SiH2]C(c1ccccc1)c1cccc2ccccc12. The lowest BCUT2D eigenvalue weighted by Crippen LogP contribution is -2.06. The highest BCUT2D eigenvalue weighted by Crippen LogP contribution is 2.30. The minimum Gasteiger partial charge on any atom is -0.175 e. The van der Waals surface area contributed by atoms with Gasteiger partial charge in [-0.2, -0.15) is 11.1 Å². The molecule has 0 aliphatic carbocycles. The zero-order valence-corrected chi connectivity index (χ0v) is 12.8. The summed E-state index contributed by atoms with van der Waals surface area (Å²) in [7, 11) is -0.685. The summed E-state index contributed by atoms with van der Waals surface area (Å²) in [6.45, 7) is 0. The first kappa shape index (κ1) is 12.5. The third kappa shape index (κ3) is 2.44. The van der Waals surface area contributed by atoms with Crippen molar-refractivity contribution >= 4 is 30.7 Å². The van der Waals surface area contributed by atoms with Gasteiger partial charge in [-0.1, -0.05) is 72.8 Å². The van der Waals surface area contributed by atoms with E-state index >= 15 is 0 Å². The lowest BCUT2D eigenvalue weighted by atomic mass is 9.98. The molecule has 3 aromatic carbocycles. The molecular formula is C17H15ClSi. The van der Waals surface area contributed by atoms with Crippen LogP contribution in [0, 0.1) is 0 Å². The summed E-state index contributed by atoms with van der Waals surface area (Å²) >= 11 is 6.38. The highest BCUT2D eigenvalue weighted by Gasteiger charge is 2.15. The van der Waals surface area contributed by atoms with Gasteiger partial charge in [-0.05, 0) is 21.9 Å². The van der Waals surface area contributed by atoms with Crippen molar-refractivity contribution in [2.75, 3.05) is 0 Å². The van der Waals surface area contributed by atoms with Crippen LogP contribution in [0.25, 0.3) is 10.8 Å². The lowest BCUT2D eigenvalue weighted by molar-refractivity contribution is 1.15. The topological polar surface area (TPSA) is 0 Å². The summed E-state index contributed by atoms with van der Waals surface area (Å²) in [5, 5.41) is 2.62. The van der Waals surface area contributed by atoms with Gasteiger partial charge in [-0.25, -0.2) is 0 Å². The van der Waals surface area contributed by atoms with Crippen LogP contribution >= 0.6 is 11.1 Å². The Balaban J connectivity index is 2.17. The lowest BCUT2D eigenvalue weighted by Gasteiger charge is -2.17. The molecule has 3 rings (SSSR count). The molecule has 19 heavy (non-hydrogen) atoms. The second-order valence-corrected chi connectivity index (χ2v) is 6.74. The maximum absolute atomic E-state index is 6.38. The number of hydrogen-bond donors (Lipinski definition) is 0. The van der Waals surface area contributed by atoms with E-state index in [4.69, 9.17) is 11.1 Å². The Kier molecular flexibility index (Phi) is 3.67. The first-order valence-electron chi connectivity index (χ1n) is 6.48. The van der Waals surface area contributed by atoms with Gasteiger partial charge in [0.1, 0.15) is 8.83 Å². The van der Waals surface area contributed by atoms with Crippen LogP contribution in [0.15, 0.2) is 72.8 Å². The largest absolute Gasteiger partial charge is 0.175 e. The predicted octanol–water partition coefficient (Wildman–Crippen LogP) is 4.25. The van der Waals surface area contributed by atoms with Crippen LogP contribution < -0.4 is 0 Å². The minimum absolute atomic E-state index is 0.383. The highest BCUT2D eigenvalue weighted by atomic mass is 35.6. The summed E-state index contributed by atoms with van der Waals surface area (Å²) in [4.78, 5) is 0. The van der Waals surface area contributed by atoms with Crippen LogP contribution in [-0.4, -0.2) is 8.83 Å². The third-order valence-electron chi connectivity index (χ3n) is 3.56. The molecule has 0 aliphatic rings. The Labute approximate surface area is 120 Å². The number of hydrogen-bond acceptors (Lipinski definition) is 0. The Hall–Kier alpha value is -1.57. The van der Waals surface area contributed by atoms with Crippen LogP contribution in [0.2, 0.25) is 0 Å². The summed E-state index contributed by atoms with van der Waals surface area (Å²) < 4.78 is 0. The Morgan fingerprint density at radius 1 is 0.737 bits per heavy atom. The maximum atomic E-state index is 6.38. The van der Waals surface area contributed by atoms with Crippen molar-refractivity contribution < 1.29 is 0 Å². The van der Waals surface area contributed by atoms with Crippen molar-refractivity contribution in [1.29, 1.82) is 0 Å². The molecule has 1 unspecified atom stereocenters. The summed E-state index contributed by atoms with van der Waals surface area (Å²) in [6, 6.07) is 25.7. The van der Waals surface area contributed by atoms with E-state index in [0.29, 0.717) is 5.54 Å². The average molecular weight is 283 g/mol. The van der Waals surface area contributed by atoms with E-state index in [0.717, 1.165) is 0 Å². The molecular weight excluding hydrogens is 268 g/mol. The van der Waals surface area contributed by atoms with Gasteiger partial charge in [0.25, 0.3) is 0 Å². The van der Waals surface area contributed by atoms with Crippen LogP contribution in [0.3, 0.4) is 0 Å². The van der Waals surface area contributed by atoms with Crippen molar-refractivity contribution in [1.82, 2.24) is 0 Å². The van der Waals surface area contributed by atoms with E-state index in [1.165, 1.54) is 21.9 Å². The molecule has 0 nitrogen and oxygen atoms in total. The smallest absolute Gasteiger partial charge is 0.137 e. The quantitative estimate of drug-likeness (QED) is 0.498. The van der Waals surface area contributed by atoms with E-state index in [2.05, 4.69) is 72.8 Å². The van der Waals surface area contributed by atoms with Gasteiger partial charge in [0.15, 0.2) is 0 Å². The number of rotatable bonds is 3. The molecule has 0 aromatic heterocycles. The van der Waals surface area contributed by atoms with E-state index < -0.39 is 8.83 Å². The second-order valence-electron chi connectivity index (χ2n) is 4.69. The van der Waals surface area contributed by atoms with Gasteiger partial charge in [0.05, 0.1) is 0 Å². The van der Waals surface area contributed by atoms with Crippen molar-refractivity contribution in [2.24, 2.45) is 0 Å². The standard InChI is InChI=1S/C17H15ClSi/c18-19-17(14-8-2-1-3-9-14)16-12-6-10-13-7-4-5-11-15(13)16/h1-12,17H,19H2. The first-order valence-corrected chi connectivity index (χ1v) is 9.44. The fourth-order valence-corrected chi connectivity index (χ4v) is 4.60. The fourth-order valence-electron chi connectivity index (χ4n) is 2.59. The van der Waals surface area contributed by atoms with Crippen molar-refractivity contribution in [3.63, 3.8) is 0 Å². The molecule has 94 valence electrons. The zero-order valence-electron chi connectivity index (χ0n) is 10.6. The molecule has 0 aliphatic heterocycles. The third-order valence-corrected chi connectivity index (χ3v) is 5.70. The van der Waals surface area contributed by atoms with E-state index in [-0.39, 0.29) is 0 Å². The molecule has 0 bridgehead atoms. The van der Waals surface area contributed by atoms with E-state index in [9.17, 15) is 0 Å². The summed E-state index contributed by atoms with van der Waals surface area (Å²) in [5.74, 6) is 0. The van der Waals surface area contributed by atoms with Crippen LogP contribution in [0.1, 0.15) is 16.7 Å². The van der Waals surface area contributed by atoms with Gasteiger partial charge in [0, 0.05) is 5.54 Å². The normalized spacial score (nSPS) is 13.1. The maximum Gasteiger partial charge on any atom is 0.137 e. The molecule has 0 amide bonds. The monoisotopic (exact) mass is 282 g/mol. The molecule has 0 heterocycles. The van der Waals surface area contributed by atoms with Crippen LogP contribution in [0.4, 0.5) is 0 Å². The molecule has 0 spiro atoms. The fraction of sp³-hybridized carbons (Fsp3) is 0.0588. The Morgan fingerprint density at radius 2 is 1.42 bits per heavy atom. The molecule has 0 fully saturated rings. The van der Waals surface area contributed by atoms with Crippen molar-refractivity contribution in [3.05, 3.63) is 83.9 Å².